The standard InChI is InChI=1S/C19H24O3/c1-18-8-11-9-19(11)13-5-3-12(20)6-10(13)2-4-14(19)15(18)7-16(21)17(18)22/h3,5-6,11,14-17,20-22H,2,4,7-9H2,1H3/t11-,14+,15+,16+,17+,18+,19?/m1/s1. The first-order chi connectivity index (χ1) is 10.5. The normalized spacial score (nSPS) is 51.5. The first kappa shape index (κ1) is 13.4. The van der Waals surface area contributed by atoms with E-state index in [2.05, 4.69) is 13.0 Å². The van der Waals surface area contributed by atoms with Gasteiger partial charge in [-0.3, -0.25) is 0 Å². The van der Waals surface area contributed by atoms with Gasteiger partial charge in [0.05, 0.1) is 12.2 Å². The van der Waals surface area contributed by atoms with Gasteiger partial charge in [-0.1, -0.05) is 13.0 Å². The maximum atomic E-state index is 10.5. The summed E-state index contributed by atoms with van der Waals surface area (Å²) in [5, 5.41) is 30.5. The van der Waals surface area contributed by atoms with Gasteiger partial charge in [-0.15, -0.1) is 0 Å². The molecule has 3 N–H and O–H groups in total. The molecule has 3 saturated carbocycles. The Morgan fingerprint density at radius 3 is 2.77 bits per heavy atom. The molecule has 4 aliphatic carbocycles. The van der Waals surface area contributed by atoms with E-state index >= 15 is 0 Å². The van der Waals surface area contributed by atoms with Crippen LogP contribution in [-0.2, 0) is 11.8 Å². The molecule has 0 heterocycles. The molecule has 0 bridgehead atoms. The molecule has 0 amide bonds. The second kappa shape index (κ2) is 3.88. The van der Waals surface area contributed by atoms with Crippen LogP contribution in [0.5, 0.6) is 5.75 Å². The highest BCUT2D eigenvalue weighted by Gasteiger charge is 2.72. The van der Waals surface area contributed by atoms with Crippen LogP contribution < -0.4 is 0 Å². The largest absolute Gasteiger partial charge is 0.508 e. The Kier molecular flexibility index (Phi) is 2.36. The van der Waals surface area contributed by atoms with Crippen LogP contribution in [0, 0.1) is 23.2 Å². The van der Waals surface area contributed by atoms with E-state index < -0.39 is 12.2 Å². The maximum Gasteiger partial charge on any atom is 0.115 e. The van der Waals surface area contributed by atoms with Crippen molar-refractivity contribution in [3.63, 3.8) is 0 Å². The third-order valence-corrected chi connectivity index (χ3v) is 7.68. The van der Waals surface area contributed by atoms with Crippen molar-refractivity contribution in [2.45, 2.75) is 56.7 Å². The smallest absolute Gasteiger partial charge is 0.115 e. The molecule has 3 fully saturated rings. The number of rotatable bonds is 0. The lowest BCUT2D eigenvalue weighted by Crippen LogP contribution is -2.47. The zero-order chi connectivity index (χ0) is 15.3. The fourth-order valence-electron chi connectivity index (χ4n) is 6.70. The summed E-state index contributed by atoms with van der Waals surface area (Å²) in [5.74, 6) is 2.03. The number of benzene rings is 1. The van der Waals surface area contributed by atoms with Crippen molar-refractivity contribution >= 4 is 0 Å². The first-order valence-electron chi connectivity index (χ1n) is 8.65. The minimum Gasteiger partial charge on any atom is -0.508 e. The molecule has 1 unspecified atom stereocenters. The van der Waals surface area contributed by atoms with Crippen LogP contribution in [0.15, 0.2) is 18.2 Å². The Morgan fingerprint density at radius 1 is 1.14 bits per heavy atom. The Balaban J connectivity index is 1.62. The number of phenolic OH excluding ortho intramolecular Hbond substituents is 1. The number of aryl methyl sites for hydroxylation is 1. The minimum atomic E-state index is -0.558. The van der Waals surface area contributed by atoms with Crippen LogP contribution in [-0.4, -0.2) is 27.5 Å². The summed E-state index contributed by atoms with van der Waals surface area (Å²) < 4.78 is 0. The molecule has 0 aliphatic heterocycles. The molecule has 0 aromatic heterocycles. The maximum absolute atomic E-state index is 10.5. The molecule has 1 spiro atoms. The number of phenols is 1. The lowest BCUT2D eigenvalue weighted by molar-refractivity contribution is -0.0523. The molecule has 3 heteroatoms. The van der Waals surface area contributed by atoms with Gasteiger partial charge in [0.25, 0.3) is 0 Å². The molecule has 3 nitrogen and oxygen atoms in total. The highest BCUT2D eigenvalue weighted by molar-refractivity contribution is 5.48. The summed E-state index contributed by atoms with van der Waals surface area (Å²) in [6.07, 6.45) is 4.05. The monoisotopic (exact) mass is 300 g/mol. The van der Waals surface area contributed by atoms with Crippen molar-refractivity contribution in [3.8, 4) is 5.75 Å². The highest BCUT2D eigenvalue weighted by Crippen LogP contribution is 2.75. The van der Waals surface area contributed by atoms with Gasteiger partial charge in [0.15, 0.2) is 0 Å². The molecule has 0 radical (unpaired) electrons. The van der Waals surface area contributed by atoms with E-state index in [1.54, 1.807) is 0 Å². The zero-order valence-electron chi connectivity index (χ0n) is 13.0. The second-order valence-electron chi connectivity index (χ2n) is 8.49. The number of aliphatic hydroxyl groups is 2. The Hall–Kier alpha value is -1.06. The molecule has 22 heavy (non-hydrogen) atoms. The molecule has 0 saturated heterocycles. The number of fused-ring (bicyclic) bond motifs is 3. The lowest BCUT2D eigenvalue weighted by atomic mass is 9.55. The summed E-state index contributed by atoms with van der Waals surface area (Å²) >= 11 is 0. The van der Waals surface area contributed by atoms with Gasteiger partial charge < -0.3 is 15.3 Å². The van der Waals surface area contributed by atoms with Crippen molar-refractivity contribution in [1.29, 1.82) is 0 Å². The summed E-state index contributed by atoms with van der Waals surface area (Å²) in [5.41, 5.74) is 2.93. The molecule has 5 rings (SSSR count). The fraction of sp³-hybridized carbons (Fsp3) is 0.684. The predicted molar refractivity (Wildman–Crippen MR) is 82.5 cm³/mol. The number of hydrogen-bond donors (Lipinski definition) is 3. The van der Waals surface area contributed by atoms with Crippen molar-refractivity contribution in [3.05, 3.63) is 29.3 Å². The molecule has 7 atom stereocenters. The summed E-state index contributed by atoms with van der Waals surface area (Å²) in [4.78, 5) is 0. The predicted octanol–water partition coefficient (Wildman–Crippen LogP) is 2.36. The van der Waals surface area contributed by atoms with Gasteiger partial charge in [0.1, 0.15) is 5.75 Å². The quantitative estimate of drug-likeness (QED) is 0.689. The van der Waals surface area contributed by atoms with E-state index in [4.69, 9.17) is 0 Å². The van der Waals surface area contributed by atoms with Gasteiger partial charge in [-0.25, -0.2) is 0 Å². The van der Waals surface area contributed by atoms with Gasteiger partial charge in [-0.2, -0.15) is 0 Å². The van der Waals surface area contributed by atoms with Gasteiger partial charge in [-0.05, 0) is 78.5 Å². The Bertz CT molecular complexity index is 656. The lowest BCUT2D eigenvalue weighted by Gasteiger charge is -2.50. The van der Waals surface area contributed by atoms with Crippen LogP contribution in [0.2, 0.25) is 0 Å². The molecule has 1 aromatic rings. The third kappa shape index (κ3) is 1.36. The molecule has 4 aliphatic rings. The summed E-state index contributed by atoms with van der Waals surface area (Å²) in [6, 6.07) is 5.92. The number of aliphatic hydroxyl groups excluding tert-OH is 2. The van der Waals surface area contributed by atoms with Crippen molar-refractivity contribution in [1.82, 2.24) is 0 Å². The van der Waals surface area contributed by atoms with E-state index in [0.29, 0.717) is 23.5 Å². The van der Waals surface area contributed by atoms with E-state index in [9.17, 15) is 15.3 Å². The topological polar surface area (TPSA) is 60.7 Å². The number of aromatic hydroxyl groups is 1. The van der Waals surface area contributed by atoms with Crippen molar-refractivity contribution in [2.75, 3.05) is 0 Å². The average Bonchev–Trinajstić information content (AvgIpc) is 3.13. The van der Waals surface area contributed by atoms with Crippen molar-refractivity contribution < 1.29 is 15.3 Å². The molecular weight excluding hydrogens is 276 g/mol. The molecule has 118 valence electrons. The Morgan fingerprint density at radius 2 is 1.95 bits per heavy atom. The van der Waals surface area contributed by atoms with E-state index in [0.717, 1.165) is 25.7 Å². The van der Waals surface area contributed by atoms with E-state index in [1.807, 2.05) is 12.1 Å². The zero-order valence-corrected chi connectivity index (χ0v) is 13.0. The van der Waals surface area contributed by atoms with Gasteiger partial charge in [0.2, 0.25) is 0 Å². The van der Waals surface area contributed by atoms with Crippen LogP contribution in [0.1, 0.15) is 43.7 Å². The first-order valence-corrected chi connectivity index (χ1v) is 8.65. The third-order valence-electron chi connectivity index (χ3n) is 7.68. The average molecular weight is 300 g/mol. The van der Waals surface area contributed by atoms with Crippen LogP contribution in [0.3, 0.4) is 0 Å². The molecular formula is C19H24O3. The van der Waals surface area contributed by atoms with Gasteiger partial charge in [0, 0.05) is 5.41 Å². The minimum absolute atomic E-state index is 0.108. The summed E-state index contributed by atoms with van der Waals surface area (Å²) in [6.45, 7) is 2.20. The molecule has 1 aromatic carbocycles. The van der Waals surface area contributed by atoms with Crippen molar-refractivity contribution in [2.24, 2.45) is 23.2 Å². The SMILES string of the molecule is C[C@]12C[C@@H]3CC34c3ccc(O)cc3CC[C@H]4[C@@H]1C[C@H](O)[C@@H]2O. The fourth-order valence-corrected chi connectivity index (χ4v) is 6.70. The highest BCUT2D eigenvalue weighted by atomic mass is 16.3. The second-order valence-corrected chi connectivity index (χ2v) is 8.49. The van der Waals surface area contributed by atoms with E-state index in [1.165, 1.54) is 17.5 Å². The van der Waals surface area contributed by atoms with Crippen LogP contribution >= 0.6 is 0 Å². The van der Waals surface area contributed by atoms with Crippen LogP contribution in [0.4, 0.5) is 0 Å². The number of hydrogen-bond acceptors (Lipinski definition) is 3. The van der Waals surface area contributed by atoms with Crippen LogP contribution in [0.25, 0.3) is 0 Å². The van der Waals surface area contributed by atoms with E-state index in [-0.39, 0.29) is 10.8 Å². The summed E-state index contributed by atoms with van der Waals surface area (Å²) in [7, 11) is 0. The Labute approximate surface area is 131 Å². The van der Waals surface area contributed by atoms with Gasteiger partial charge >= 0.3 is 0 Å².